The molecule has 1 saturated carbocycles. The fraction of sp³-hybridized carbons (Fsp3) is 0.571. The van der Waals surface area contributed by atoms with E-state index in [1.165, 1.54) is 0 Å². The van der Waals surface area contributed by atoms with Crippen LogP contribution in [0.5, 0.6) is 0 Å². The van der Waals surface area contributed by atoms with Crippen molar-refractivity contribution in [3.63, 3.8) is 0 Å². The van der Waals surface area contributed by atoms with E-state index in [2.05, 4.69) is 25.7 Å². The Labute approximate surface area is 167 Å². The summed E-state index contributed by atoms with van der Waals surface area (Å²) < 4.78 is 5.80. The highest BCUT2D eigenvalue weighted by atomic mass is 35.5. The van der Waals surface area contributed by atoms with E-state index in [-0.39, 0.29) is 12.5 Å². The van der Waals surface area contributed by atoms with Gasteiger partial charge in [-0.1, -0.05) is 11.6 Å². The van der Waals surface area contributed by atoms with Crippen molar-refractivity contribution >= 4 is 29.2 Å². The number of quaternary nitrogens is 1. The molecule has 27 heavy (non-hydrogen) atoms. The number of halogens is 1. The van der Waals surface area contributed by atoms with Crippen LogP contribution in [-0.2, 0) is 9.53 Å². The number of carbonyl (C=O) groups is 2. The van der Waals surface area contributed by atoms with E-state index in [0.717, 1.165) is 37.9 Å². The van der Waals surface area contributed by atoms with Gasteiger partial charge in [-0.15, -0.1) is 13.5 Å². The summed E-state index contributed by atoms with van der Waals surface area (Å²) in [6, 6.07) is 3.31. The average molecular weight is 395 g/mol. The largest absolute Gasteiger partial charge is 0.462 e. The molecule has 1 aliphatic carbocycles. The van der Waals surface area contributed by atoms with Crippen LogP contribution in [0.1, 0.15) is 62.9 Å². The molecule has 0 unspecified atom stereocenters. The summed E-state index contributed by atoms with van der Waals surface area (Å²) in [5, 5.41) is 3.51. The molecule has 0 heterocycles. The third kappa shape index (κ3) is 3.72. The van der Waals surface area contributed by atoms with Gasteiger partial charge < -0.3 is 14.5 Å². The lowest BCUT2D eigenvalue weighted by Crippen LogP contribution is -2.70. The fourth-order valence-corrected chi connectivity index (χ4v) is 4.61. The van der Waals surface area contributed by atoms with E-state index in [1.807, 2.05) is 13.8 Å². The predicted octanol–water partition coefficient (Wildman–Crippen LogP) is 4.72. The first kappa shape index (κ1) is 21.7. The normalized spacial score (nSPS) is 15.8. The molecule has 0 bridgehead atoms. The van der Waals surface area contributed by atoms with Crippen molar-refractivity contribution in [1.82, 2.24) is 0 Å². The van der Waals surface area contributed by atoms with Gasteiger partial charge >= 0.3 is 5.97 Å². The predicted molar refractivity (Wildman–Crippen MR) is 109 cm³/mol. The number of likely N-dealkylation sites (N-methyl/N-ethyl adjacent to an activating group) is 1. The minimum Gasteiger partial charge on any atom is -0.462 e. The smallest absolute Gasteiger partial charge is 0.340 e. The third-order valence-electron chi connectivity index (χ3n) is 6.11. The second-order valence-electron chi connectivity index (χ2n) is 7.13. The van der Waals surface area contributed by atoms with Crippen LogP contribution in [0.2, 0.25) is 5.02 Å². The Morgan fingerprint density at radius 3 is 2.33 bits per heavy atom. The first-order valence-corrected chi connectivity index (χ1v) is 10.1. The lowest BCUT2D eigenvalue weighted by atomic mass is 9.72. The zero-order valence-electron chi connectivity index (χ0n) is 17.0. The standard InChI is InChI=1S/C21H31ClN2O3/c1-6-24(7-2,8-3)21(11-10-12-21)20(26)23-18-15(5)13-16(22)14-17(18)19(25)27-9-4/h6,13-14H,7-12H2,1-5H3,(H,23,26). The molecular formula is C21H31ClN2O3. The number of benzene rings is 1. The number of amides is 1. The van der Waals surface area contributed by atoms with E-state index in [9.17, 15) is 9.59 Å². The molecule has 0 saturated heterocycles. The number of nitrogens with zero attached hydrogens (tertiary/aromatic N) is 1. The molecular weight excluding hydrogens is 364 g/mol. The Kier molecular flexibility index (Phi) is 6.92. The fourth-order valence-electron chi connectivity index (χ4n) is 4.34. The van der Waals surface area contributed by atoms with E-state index in [0.29, 0.717) is 20.8 Å². The van der Waals surface area contributed by atoms with Gasteiger partial charge in [-0.25, -0.2) is 4.79 Å². The molecule has 5 nitrogen and oxygen atoms in total. The van der Waals surface area contributed by atoms with Gasteiger partial charge in [0, 0.05) is 17.9 Å². The van der Waals surface area contributed by atoms with Gasteiger partial charge in [0.2, 0.25) is 0 Å². The highest BCUT2D eigenvalue weighted by Gasteiger charge is 2.55. The maximum Gasteiger partial charge on any atom is 0.340 e. The molecule has 150 valence electrons. The van der Waals surface area contributed by atoms with Crippen LogP contribution in [0.4, 0.5) is 5.69 Å². The van der Waals surface area contributed by atoms with E-state index < -0.39 is 11.5 Å². The Balaban J connectivity index is 2.44. The molecule has 1 amide bonds. The Morgan fingerprint density at radius 2 is 1.89 bits per heavy atom. The van der Waals surface area contributed by atoms with E-state index in [1.54, 1.807) is 19.1 Å². The maximum absolute atomic E-state index is 13.5. The van der Waals surface area contributed by atoms with Crippen molar-refractivity contribution in [3.05, 3.63) is 34.8 Å². The van der Waals surface area contributed by atoms with Gasteiger partial charge in [0.25, 0.3) is 5.91 Å². The second-order valence-corrected chi connectivity index (χ2v) is 7.57. The van der Waals surface area contributed by atoms with Crippen molar-refractivity contribution in [3.8, 4) is 0 Å². The van der Waals surface area contributed by atoms with Crippen LogP contribution in [-0.4, -0.2) is 41.6 Å². The topological polar surface area (TPSA) is 55.4 Å². The number of hydrogen-bond donors (Lipinski definition) is 1. The van der Waals surface area contributed by atoms with Crippen molar-refractivity contribution < 1.29 is 18.8 Å². The van der Waals surface area contributed by atoms with E-state index >= 15 is 0 Å². The molecule has 0 aliphatic heterocycles. The number of esters is 1. The third-order valence-corrected chi connectivity index (χ3v) is 6.33. The molecule has 1 aliphatic rings. The molecule has 1 aromatic carbocycles. The number of nitrogens with one attached hydrogen (secondary N) is 1. The number of aryl methyl sites for hydroxylation is 1. The van der Waals surface area contributed by atoms with Crippen LogP contribution >= 0.6 is 11.6 Å². The lowest BCUT2D eigenvalue weighted by Gasteiger charge is -2.62. The van der Waals surface area contributed by atoms with Crippen molar-refractivity contribution in [2.45, 2.75) is 59.4 Å². The van der Waals surface area contributed by atoms with Crippen molar-refractivity contribution in [2.75, 3.05) is 25.0 Å². The van der Waals surface area contributed by atoms with Gasteiger partial charge in [0.05, 0.1) is 30.9 Å². The molecule has 6 heteroatoms. The summed E-state index contributed by atoms with van der Waals surface area (Å²) in [4.78, 5) is 25.9. The quantitative estimate of drug-likeness (QED) is 0.394. The van der Waals surface area contributed by atoms with Crippen LogP contribution < -0.4 is 5.32 Å². The maximum atomic E-state index is 13.5. The number of hydrogen-bond acceptors (Lipinski definition) is 3. The average Bonchev–Trinajstić information content (AvgIpc) is 2.60. The summed E-state index contributed by atoms with van der Waals surface area (Å²) in [5.74, 6) is -0.513. The number of anilines is 1. The van der Waals surface area contributed by atoms with Gasteiger partial charge in [-0.05, 0) is 51.8 Å². The molecule has 1 N–H and O–H groups in total. The molecule has 0 aromatic heterocycles. The summed E-state index contributed by atoms with van der Waals surface area (Å²) in [6.45, 7) is 14.0. The van der Waals surface area contributed by atoms with Crippen molar-refractivity contribution in [2.24, 2.45) is 0 Å². The molecule has 1 aromatic rings. The van der Waals surface area contributed by atoms with E-state index in [4.69, 9.17) is 16.3 Å². The molecule has 0 spiro atoms. The minimum atomic E-state index is -0.490. The highest BCUT2D eigenvalue weighted by Crippen LogP contribution is 2.45. The number of carbonyl (C=O) groups excluding carboxylic acids is 2. The van der Waals surface area contributed by atoms with Gasteiger partial charge in [0.1, 0.15) is 0 Å². The zero-order chi connectivity index (χ0) is 20.2. The van der Waals surface area contributed by atoms with Crippen molar-refractivity contribution in [1.29, 1.82) is 0 Å². The van der Waals surface area contributed by atoms with Gasteiger partial charge in [-0.3, -0.25) is 4.79 Å². The second kappa shape index (κ2) is 8.61. The molecule has 0 radical (unpaired) electrons. The minimum absolute atomic E-state index is 0.0356. The van der Waals surface area contributed by atoms with Gasteiger partial charge in [0.15, 0.2) is 5.54 Å². The Hall–Kier alpha value is -1.59. The SMILES string of the molecule is C[CH-][N+](CC)(CC)C1(C(=O)Nc2c(C)cc(Cl)cc2C(=O)OCC)CCC1. The summed E-state index contributed by atoms with van der Waals surface area (Å²) in [5.41, 5.74) is 1.06. The Morgan fingerprint density at radius 1 is 1.26 bits per heavy atom. The van der Waals surface area contributed by atoms with Crippen LogP contribution in [0.3, 0.4) is 0 Å². The van der Waals surface area contributed by atoms with Crippen LogP contribution in [0.15, 0.2) is 12.1 Å². The summed E-state index contributed by atoms with van der Waals surface area (Å²) in [7, 11) is 0. The van der Waals surface area contributed by atoms with Gasteiger partial charge in [-0.2, -0.15) is 0 Å². The molecule has 2 rings (SSSR count). The highest BCUT2D eigenvalue weighted by molar-refractivity contribution is 6.31. The monoisotopic (exact) mass is 394 g/mol. The first-order valence-electron chi connectivity index (χ1n) is 9.76. The van der Waals surface area contributed by atoms with Crippen LogP contribution in [0, 0.1) is 13.5 Å². The summed E-state index contributed by atoms with van der Waals surface area (Å²) in [6.07, 6.45) is 2.71. The number of rotatable bonds is 8. The molecule has 1 fully saturated rings. The Bertz CT molecular complexity index is 701. The zero-order valence-corrected chi connectivity index (χ0v) is 17.8. The summed E-state index contributed by atoms with van der Waals surface area (Å²) >= 11 is 6.14. The first-order chi connectivity index (χ1) is 12.8. The number of ether oxygens (including phenoxy) is 1. The molecule has 0 atom stereocenters. The lowest BCUT2D eigenvalue weighted by molar-refractivity contribution is -0.942. The van der Waals surface area contributed by atoms with Crippen LogP contribution in [0.25, 0.3) is 0 Å².